The van der Waals surface area contributed by atoms with Gasteiger partial charge in [0.1, 0.15) is 0 Å². The Morgan fingerprint density at radius 1 is 1.62 bits per heavy atom. The molecule has 0 unspecified atom stereocenters. The molecule has 0 spiro atoms. The summed E-state index contributed by atoms with van der Waals surface area (Å²) in [6, 6.07) is 0. The molecule has 1 amide bonds. The topological polar surface area (TPSA) is 67.5 Å². The first kappa shape index (κ1) is 8.13. The van der Waals surface area contributed by atoms with Crippen molar-refractivity contribution in [2.24, 2.45) is 10.7 Å². The van der Waals surface area contributed by atoms with Gasteiger partial charge in [0.2, 0.25) is 0 Å². The first-order valence-corrected chi connectivity index (χ1v) is 3.95. The van der Waals surface area contributed by atoms with Gasteiger partial charge in [-0.1, -0.05) is 0 Å². The number of nitrogens with one attached hydrogen (secondary N) is 1. The Balaban J connectivity index is 2.25. The van der Waals surface area contributed by atoms with Crippen LogP contribution >= 0.6 is 0 Å². The van der Waals surface area contributed by atoms with Crippen LogP contribution in [0.15, 0.2) is 28.2 Å². The number of fused-ring (bicyclic) bond motifs is 1. The van der Waals surface area contributed by atoms with Crippen LogP contribution in [0.5, 0.6) is 0 Å². The van der Waals surface area contributed by atoms with Gasteiger partial charge in [-0.3, -0.25) is 0 Å². The van der Waals surface area contributed by atoms with Gasteiger partial charge in [-0.05, 0) is 0 Å². The van der Waals surface area contributed by atoms with Crippen LogP contribution in [0.3, 0.4) is 0 Å². The van der Waals surface area contributed by atoms with Crippen molar-refractivity contribution < 1.29 is 4.79 Å². The molecule has 13 heavy (non-hydrogen) atoms. The average molecular weight is 173 g/mol. The molecule has 3 N–H and O–H groups in total. The van der Waals surface area contributed by atoms with Crippen LogP contribution in [0, 0.1) is 0 Å². The van der Waals surface area contributed by atoms with E-state index in [0.717, 1.165) is 11.0 Å². The third-order valence-corrected chi connectivity index (χ3v) is 2.08. The molecular weight excluding hydrogens is 165 g/mol. The molecule has 0 radical (unpaired) electrons. The van der Waals surface area contributed by atoms with E-state index < -0.39 is 0 Å². The molecule has 5 heteroatoms. The zero-order chi connectivity index (χ0) is 9.26. The van der Waals surface area contributed by atoms with Crippen LogP contribution < -0.4 is 11.3 Å². The van der Waals surface area contributed by atoms with Gasteiger partial charge in [0.25, 0.3) is 0 Å². The van der Waals surface area contributed by atoms with E-state index in [1.165, 1.54) is 0 Å². The van der Waals surface area contributed by atoms with Crippen molar-refractivity contribution in [2.75, 3.05) is 0 Å². The van der Waals surface area contributed by atoms with Crippen LogP contribution in [-0.4, -0.2) is 24.6 Å². The van der Waals surface area contributed by atoms with Gasteiger partial charge in [0.05, 0.1) is 0 Å². The quantitative estimate of drug-likeness (QED) is 0.233. The predicted molar refractivity (Wildman–Crippen MR) is 52.4 cm³/mol. The second-order valence-corrected chi connectivity index (χ2v) is 2.90. The average Bonchev–Trinajstić information content (AvgIpc) is 2.63. The van der Waals surface area contributed by atoms with E-state index in [2.05, 4.69) is 10.3 Å². The zero-order valence-electron chi connectivity index (χ0n) is 6.95. The van der Waals surface area contributed by atoms with Crippen LogP contribution in [-0.2, 0) is 4.79 Å². The van der Waals surface area contributed by atoms with Gasteiger partial charge in [0.15, 0.2) is 0 Å². The number of nitrogens with two attached hydrogens (primary N) is 1. The Kier molecular flexibility index (Phi) is 1.94. The molecule has 0 aromatic heterocycles. The fraction of sp³-hybridized carbons (Fsp3) is 0.125. The first-order chi connectivity index (χ1) is 6.31. The van der Waals surface area contributed by atoms with Crippen molar-refractivity contribution in [1.29, 1.82) is 0 Å². The van der Waals surface area contributed by atoms with Crippen LogP contribution in [0.25, 0.3) is 0 Å². The number of hydrazine groups is 1. The molecule has 2 rings (SSSR count). The molecule has 0 saturated carbocycles. The summed E-state index contributed by atoms with van der Waals surface area (Å²) >= 11 is 0. The molecule has 0 fully saturated rings. The summed E-state index contributed by atoms with van der Waals surface area (Å²) in [7, 11) is 1.77. The summed E-state index contributed by atoms with van der Waals surface area (Å²) in [6.45, 7) is 0. The van der Waals surface area contributed by atoms with E-state index >= 15 is 0 Å². The molecule has 0 atom stereocenters. The van der Waals surface area contributed by atoms with Gasteiger partial charge in [0, 0.05) is 0 Å². The number of nitrogens with zero attached hydrogens (tertiary/aromatic N) is 1. The van der Waals surface area contributed by atoms with E-state index in [0.29, 0.717) is 12.0 Å². The van der Waals surface area contributed by atoms with Crippen LogP contribution in [0.1, 0.15) is 6.42 Å². The van der Waals surface area contributed by atoms with Crippen molar-refractivity contribution in [2.45, 2.75) is 6.42 Å². The third-order valence-electron chi connectivity index (χ3n) is 2.08. The minimum atomic E-state index is -0.233. The third kappa shape index (κ3) is 1.38. The summed E-state index contributed by atoms with van der Waals surface area (Å²) in [5.74, 6) is 4.80. The Morgan fingerprint density at radius 3 is 3.23 bits per heavy atom. The van der Waals surface area contributed by atoms with Crippen LogP contribution in [0.4, 0.5) is 0 Å². The number of hydrogen-bond acceptors (Lipinski definition) is 3. The standard InChI is InChI=1S/C8H8BN3O/c10-12-8(13)5-1-2-6-4-11-9-7(6)3-5/h1-2,4H,3,10H2,(H,12,13). The number of rotatable bonds is 1. The number of amides is 1. The van der Waals surface area contributed by atoms with Gasteiger partial charge < -0.3 is 0 Å². The molecule has 0 bridgehead atoms. The number of carbonyl (C=O) groups excluding carboxylic acids is 1. The molecule has 1 aliphatic heterocycles. The summed E-state index contributed by atoms with van der Waals surface area (Å²) in [5, 5.41) is 0. The van der Waals surface area contributed by atoms with Crippen molar-refractivity contribution in [3.05, 3.63) is 23.3 Å². The number of hydrogen-bond donors (Lipinski definition) is 2. The van der Waals surface area contributed by atoms with Gasteiger partial charge >= 0.3 is 75.3 Å². The van der Waals surface area contributed by atoms with Crippen LogP contribution in [0.2, 0.25) is 0 Å². The normalized spacial score (nSPS) is 18.1. The molecule has 4 nitrogen and oxygen atoms in total. The van der Waals surface area contributed by atoms with Crippen molar-refractivity contribution in [3.63, 3.8) is 0 Å². The molecule has 1 aliphatic carbocycles. The molecule has 0 saturated heterocycles. The van der Waals surface area contributed by atoms with Crippen molar-refractivity contribution >= 4 is 24.6 Å². The van der Waals surface area contributed by atoms with E-state index in [4.69, 9.17) is 5.84 Å². The molecule has 64 valence electrons. The number of carbonyl (C=O) groups is 1. The first-order valence-electron chi connectivity index (χ1n) is 3.95. The predicted octanol–water partition coefficient (Wildman–Crippen LogP) is -0.891. The van der Waals surface area contributed by atoms with Gasteiger partial charge in [-0.2, -0.15) is 0 Å². The molecule has 2 aliphatic rings. The second-order valence-electron chi connectivity index (χ2n) is 2.90. The Labute approximate surface area is 76.1 Å². The molecule has 1 heterocycles. The summed E-state index contributed by atoms with van der Waals surface area (Å²) in [5.41, 5.74) is 4.93. The van der Waals surface area contributed by atoms with Crippen molar-refractivity contribution in [3.8, 4) is 0 Å². The maximum atomic E-state index is 11.2. The molecule has 0 aromatic rings. The second kappa shape index (κ2) is 3.10. The van der Waals surface area contributed by atoms with Crippen molar-refractivity contribution in [1.82, 2.24) is 5.43 Å². The van der Waals surface area contributed by atoms with E-state index in [-0.39, 0.29) is 5.91 Å². The molecular formula is C8H8BN3O. The Hall–Kier alpha value is -1.49. The molecule has 0 aromatic carbocycles. The number of allylic oxidation sites excluding steroid dienone is 3. The fourth-order valence-corrected chi connectivity index (χ4v) is 1.37. The maximum absolute atomic E-state index is 11.2. The summed E-state index contributed by atoms with van der Waals surface area (Å²) < 4.78 is 0. The fourth-order valence-electron chi connectivity index (χ4n) is 1.37. The van der Waals surface area contributed by atoms with Gasteiger partial charge in [-0.25, -0.2) is 0 Å². The Bertz CT molecular complexity index is 379. The summed E-state index contributed by atoms with van der Waals surface area (Å²) in [4.78, 5) is 15.1. The van der Waals surface area contributed by atoms with Gasteiger partial charge in [-0.15, -0.1) is 0 Å². The monoisotopic (exact) mass is 173 g/mol. The zero-order valence-corrected chi connectivity index (χ0v) is 6.95. The van der Waals surface area contributed by atoms with E-state index in [1.54, 1.807) is 19.3 Å². The SMILES string of the molecule is NNC(=O)C1=CC=C2C=NB=C2C1. The van der Waals surface area contributed by atoms with E-state index in [9.17, 15) is 4.79 Å². The van der Waals surface area contributed by atoms with E-state index in [1.807, 2.05) is 6.08 Å². The summed E-state index contributed by atoms with van der Waals surface area (Å²) in [6.07, 6.45) is 6.03. The minimum absolute atomic E-state index is 0.233. The Morgan fingerprint density at radius 2 is 2.46 bits per heavy atom.